The molecule has 2 aromatic rings. The zero-order chi connectivity index (χ0) is 24.4. The molecular weight excluding hydrogens is 463 g/mol. The number of hydrogen-bond donors (Lipinski definition) is 2. The largest absolute Gasteiger partial charge is 0.445 e. The van der Waals surface area contributed by atoms with Crippen LogP contribution >= 0.6 is 0 Å². The molecule has 1 atom stereocenters. The maximum atomic E-state index is 13.4. The number of fused-ring (bicyclic) bond motifs is 1. The summed E-state index contributed by atoms with van der Waals surface area (Å²) in [4.78, 5) is 39.6. The number of rotatable bonds is 7. The van der Waals surface area contributed by atoms with E-state index in [1.807, 2.05) is 4.98 Å². The van der Waals surface area contributed by atoms with Crippen molar-refractivity contribution in [3.63, 3.8) is 0 Å². The van der Waals surface area contributed by atoms with Gasteiger partial charge in [0, 0.05) is 7.11 Å². The minimum Gasteiger partial charge on any atom is -0.445 e. The number of hydrogen-bond acceptors (Lipinski definition) is 8. The minimum atomic E-state index is -4.92. The molecule has 0 aliphatic rings. The van der Waals surface area contributed by atoms with Crippen LogP contribution < -0.4 is 15.7 Å². The Kier molecular flexibility index (Phi) is 7.36. The SMILES string of the molecule is CCC(O)c1cc2c(=O)n(N(C(=O)OCCOC)S(C)(=O)=O)c(=O)[nH]c2cc1C(F)(F)F. The summed E-state index contributed by atoms with van der Waals surface area (Å²) in [6.45, 7) is 0.871. The van der Waals surface area contributed by atoms with E-state index in [-0.39, 0.29) is 22.1 Å². The smallest absolute Gasteiger partial charge is 0.444 e. The average Bonchev–Trinajstić information content (AvgIpc) is 2.68. The summed E-state index contributed by atoms with van der Waals surface area (Å²) in [6, 6.07) is 1.15. The van der Waals surface area contributed by atoms with Crippen LogP contribution in [0.15, 0.2) is 21.7 Å². The highest BCUT2D eigenvalue weighted by Crippen LogP contribution is 2.37. The van der Waals surface area contributed by atoms with Gasteiger partial charge in [-0.05, 0) is 24.1 Å². The summed E-state index contributed by atoms with van der Waals surface area (Å²) >= 11 is 0. The Labute approximate surface area is 179 Å². The second kappa shape index (κ2) is 9.30. The molecule has 0 aliphatic carbocycles. The predicted molar refractivity (Wildman–Crippen MR) is 105 cm³/mol. The molecule has 1 heterocycles. The number of H-pyrrole nitrogens is 1. The highest BCUT2D eigenvalue weighted by atomic mass is 32.2. The van der Waals surface area contributed by atoms with Crippen molar-refractivity contribution in [2.75, 3.05) is 31.0 Å². The number of sulfonamides is 1. The third kappa shape index (κ3) is 5.11. The number of nitrogens with zero attached hydrogens (tertiary/aromatic N) is 2. The van der Waals surface area contributed by atoms with E-state index in [2.05, 4.69) is 9.47 Å². The molecule has 15 heteroatoms. The van der Waals surface area contributed by atoms with E-state index in [9.17, 15) is 41.1 Å². The number of alkyl halides is 3. The highest BCUT2D eigenvalue weighted by Gasteiger charge is 2.36. The standard InChI is InChI=1S/C17H20F3N3O8S/c1-4-13(24)9-7-10-12(8-11(9)17(18,19)20)21-15(26)22(14(10)25)23(32(3,28)29)16(27)31-6-5-30-2/h7-8,13,24H,4-6H2,1-3H3,(H,21,26). The van der Waals surface area contributed by atoms with Crippen molar-refractivity contribution in [3.05, 3.63) is 44.1 Å². The molecule has 0 spiro atoms. The Morgan fingerprint density at radius 2 is 1.91 bits per heavy atom. The number of aliphatic hydroxyl groups is 1. The van der Waals surface area contributed by atoms with Crippen LogP contribution in [-0.2, 0) is 25.7 Å². The van der Waals surface area contributed by atoms with Crippen LogP contribution in [0.4, 0.5) is 18.0 Å². The van der Waals surface area contributed by atoms with Crippen LogP contribution in [0.5, 0.6) is 0 Å². The highest BCUT2D eigenvalue weighted by molar-refractivity contribution is 7.92. The molecule has 11 nitrogen and oxygen atoms in total. The molecule has 0 fully saturated rings. The average molecular weight is 483 g/mol. The predicted octanol–water partition coefficient (Wildman–Crippen LogP) is 0.833. The molecule has 1 aromatic heterocycles. The van der Waals surface area contributed by atoms with Gasteiger partial charge in [0.2, 0.25) is 0 Å². The van der Waals surface area contributed by atoms with E-state index in [1.54, 1.807) is 0 Å². The molecule has 0 saturated heterocycles. The van der Waals surface area contributed by atoms with Gasteiger partial charge in [-0.3, -0.25) is 4.79 Å². The Balaban J connectivity index is 2.84. The molecule has 0 radical (unpaired) electrons. The zero-order valence-electron chi connectivity index (χ0n) is 17.1. The molecular formula is C17H20F3N3O8S. The number of nitrogens with one attached hydrogen (secondary N) is 1. The topological polar surface area (TPSA) is 148 Å². The lowest BCUT2D eigenvalue weighted by molar-refractivity contribution is -0.139. The molecule has 2 N–H and O–H groups in total. The van der Waals surface area contributed by atoms with Crippen LogP contribution in [0.1, 0.15) is 30.6 Å². The van der Waals surface area contributed by atoms with Crippen molar-refractivity contribution in [2.24, 2.45) is 0 Å². The molecule has 1 unspecified atom stereocenters. The van der Waals surface area contributed by atoms with E-state index in [1.165, 1.54) is 14.0 Å². The van der Waals surface area contributed by atoms with Crippen LogP contribution in [-0.4, -0.2) is 55.9 Å². The number of carbonyl (C=O) groups excluding carboxylic acids is 1. The van der Waals surface area contributed by atoms with Gasteiger partial charge in [0.1, 0.15) is 6.61 Å². The lowest BCUT2D eigenvalue weighted by Crippen LogP contribution is -2.56. The van der Waals surface area contributed by atoms with E-state index in [4.69, 9.17) is 0 Å². The Morgan fingerprint density at radius 1 is 1.28 bits per heavy atom. The summed E-state index contributed by atoms with van der Waals surface area (Å²) in [5.74, 6) is 0. The van der Waals surface area contributed by atoms with E-state index < -0.39 is 68.3 Å². The first-order valence-electron chi connectivity index (χ1n) is 8.98. The van der Waals surface area contributed by atoms with Crippen molar-refractivity contribution >= 4 is 27.0 Å². The summed E-state index contributed by atoms with van der Waals surface area (Å²) in [5, 5.41) is 9.45. The number of halogens is 3. The van der Waals surface area contributed by atoms with Gasteiger partial charge < -0.3 is 19.6 Å². The Hall–Kier alpha value is -2.91. The van der Waals surface area contributed by atoms with Crippen LogP contribution in [0.25, 0.3) is 10.9 Å². The zero-order valence-corrected chi connectivity index (χ0v) is 17.9. The minimum absolute atomic E-state index is 0.109. The number of ether oxygens (including phenoxy) is 2. The molecule has 32 heavy (non-hydrogen) atoms. The number of aromatic amines is 1. The van der Waals surface area contributed by atoms with Crippen molar-refractivity contribution < 1.29 is 41.0 Å². The lowest BCUT2D eigenvalue weighted by Gasteiger charge is -2.21. The van der Waals surface area contributed by atoms with Gasteiger partial charge in [-0.15, -0.1) is 4.68 Å². The van der Waals surface area contributed by atoms with Gasteiger partial charge in [-0.25, -0.2) is 18.0 Å². The number of methoxy groups -OCH3 is 1. The quantitative estimate of drug-likeness (QED) is 0.551. The normalized spacial score (nSPS) is 13.2. The first kappa shape index (κ1) is 25.4. The second-order valence-electron chi connectivity index (χ2n) is 6.57. The van der Waals surface area contributed by atoms with Gasteiger partial charge in [-0.1, -0.05) is 11.3 Å². The maximum absolute atomic E-state index is 13.4. The maximum Gasteiger partial charge on any atom is 0.444 e. The Bertz CT molecular complexity index is 1240. The van der Waals surface area contributed by atoms with E-state index >= 15 is 0 Å². The number of carbonyl (C=O) groups is 1. The van der Waals surface area contributed by atoms with Gasteiger partial charge >= 0.3 is 18.0 Å². The van der Waals surface area contributed by atoms with E-state index in [0.29, 0.717) is 18.4 Å². The molecule has 1 aromatic carbocycles. The van der Waals surface area contributed by atoms with Gasteiger partial charge in [0.15, 0.2) is 0 Å². The summed E-state index contributed by atoms with van der Waals surface area (Å²) in [6.07, 6.45) is -7.76. The molecule has 0 aliphatic heterocycles. The van der Waals surface area contributed by atoms with Crippen LogP contribution in [0, 0.1) is 0 Å². The monoisotopic (exact) mass is 483 g/mol. The number of amides is 1. The fraction of sp³-hybridized carbons (Fsp3) is 0.471. The van der Waals surface area contributed by atoms with Gasteiger partial charge in [0.05, 0.1) is 35.4 Å². The molecule has 2 rings (SSSR count). The van der Waals surface area contributed by atoms with Gasteiger partial charge in [0.25, 0.3) is 15.6 Å². The third-order valence-corrected chi connectivity index (χ3v) is 5.20. The van der Waals surface area contributed by atoms with Crippen molar-refractivity contribution in [3.8, 4) is 0 Å². The second-order valence-corrected chi connectivity index (χ2v) is 8.38. The van der Waals surface area contributed by atoms with Crippen molar-refractivity contribution in [2.45, 2.75) is 25.6 Å². The number of benzene rings is 1. The van der Waals surface area contributed by atoms with Gasteiger partial charge in [-0.2, -0.15) is 13.2 Å². The first-order chi connectivity index (χ1) is 14.7. The molecule has 0 bridgehead atoms. The summed E-state index contributed by atoms with van der Waals surface area (Å²) in [5.41, 5.74) is -5.44. The van der Waals surface area contributed by atoms with Crippen LogP contribution in [0.3, 0.4) is 0 Å². The summed E-state index contributed by atoms with van der Waals surface area (Å²) < 4.78 is 73.6. The first-order valence-corrected chi connectivity index (χ1v) is 10.8. The fourth-order valence-corrected chi connectivity index (χ4v) is 3.58. The molecule has 1 amide bonds. The number of aromatic nitrogens is 2. The van der Waals surface area contributed by atoms with Crippen molar-refractivity contribution in [1.82, 2.24) is 9.66 Å². The fourth-order valence-electron chi connectivity index (χ4n) is 2.81. The van der Waals surface area contributed by atoms with Crippen molar-refractivity contribution in [1.29, 1.82) is 0 Å². The number of aliphatic hydroxyl groups excluding tert-OH is 1. The molecule has 178 valence electrons. The van der Waals surface area contributed by atoms with Crippen LogP contribution in [0.2, 0.25) is 0 Å². The summed E-state index contributed by atoms with van der Waals surface area (Å²) in [7, 11) is -3.32. The third-order valence-electron chi connectivity index (χ3n) is 4.26. The lowest BCUT2D eigenvalue weighted by atomic mass is 9.98. The van der Waals surface area contributed by atoms with E-state index in [0.717, 1.165) is 0 Å². The Morgan fingerprint density at radius 3 is 2.41 bits per heavy atom. The molecule has 0 saturated carbocycles.